The van der Waals surface area contributed by atoms with Gasteiger partial charge in [0.2, 0.25) is 0 Å². The number of nitrogens with zero attached hydrogens (tertiary/aromatic N) is 2. The van der Waals surface area contributed by atoms with Crippen LogP contribution in [-0.2, 0) is 0 Å². The van der Waals surface area contributed by atoms with Gasteiger partial charge in [0.05, 0.1) is 0 Å². The molecular weight excluding hydrogens is 246 g/mol. The van der Waals surface area contributed by atoms with Gasteiger partial charge in [0.1, 0.15) is 0 Å². The van der Waals surface area contributed by atoms with Gasteiger partial charge in [-0.25, -0.2) is 0 Å². The van der Waals surface area contributed by atoms with Gasteiger partial charge in [-0.15, -0.1) is 0 Å². The van der Waals surface area contributed by atoms with Gasteiger partial charge in [-0.05, 0) is 64.3 Å². The van der Waals surface area contributed by atoms with E-state index in [0.29, 0.717) is 11.5 Å². The van der Waals surface area contributed by atoms with Crippen molar-refractivity contribution < 1.29 is 0 Å². The molecule has 1 atom stereocenters. The van der Waals surface area contributed by atoms with Gasteiger partial charge in [-0.1, -0.05) is 27.7 Å². The molecule has 0 aromatic heterocycles. The van der Waals surface area contributed by atoms with E-state index in [-0.39, 0.29) is 0 Å². The normalized spacial score (nSPS) is 20.6. The standard InChI is InChI=1S/C17H37N3/c1-7-10-18-16(17(2,3)4)14-20(6)13-15-8-11-19(5)12-9-15/h15-16,18H,7-14H2,1-6H3. The van der Waals surface area contributed by atoms with E-state index in [9.17, 15) is 0 Å². The minimum absolute atomic E-state index is 0.330. The zero-order chi connectivity index (χ0) is 15.2. The summed E-state index contributed by atoms with van der Waals surface area (Å²) in [5, 5.41) is 3.73. The second kappa shape index (κ2) is 8.35. The van der Waals surface area contributed by atoms with Crippen LogP contribution in [0.4, 0.5) is 0 Å². The van der Waals surface area contributed by atoms with E-state index in [1.165, 1.54) is 38.9 Å². The van der Waals surface area contributed by atoms with E-state index in [2.05, 4.69) is 56.9 Å². The van der Waals surface area contributed by atoms with Gasteiger partial charge in [-0.3, -0.25) is 0 Å². The maximum Gasteiger partial charge on any atom is 0.0243 e. The predicted octanol–water partition coefficient (Wildman–Crippen LogP) is 2.67. The molecule has 3 nitrogen and oxygen atoms in total. The van der Waals surface area contributed by atoms with E-state index in [4.69, 9.17) is 0 Å². The SMILES string of the molecule is CCCNC(CN(C)CC1CCN(C)CC1)C(C)(C)C. The highest BCUT2D eigenvalue weighted by atomic mass is 15.1. The Morgan fingerprint density at radius 3 is 2.35 bits per heavy atom. The van der Waals surface area contributed by atoms with Crippen LogP contribution in [-0.4, -0.2) is 62.7 Å². The fourth-order valence-electron chi connectivity index (χ4n) is 3.03. The van der Waals surface area contributed by atoms with Crippen molar-refractivity contribution in [3.63, 3.8) is 0 Å². The summed E-state index contributed by atoms with van der Waals surface area (Å²) in [6, 6.07) is 0.582. The van der Waals surface area contributed by atoms with Gasteiger partial charge in [-0.2, -0.15) is 0 Å². The van der Waals surface area contributed by atoms with Crippen LogP contribution < -0.4 is 5.32 Å². The molecule has 1 rings (SSSR count). The highest BCUT2D eigenvalue weighted by Gasteiger charge is 2.26. The Morgan fingerprint density at radius 2 is 1.85 bits per heavy atom. The van der Waals surface area contributed by atoms with Gasteiger partial charge in [0, 0.05) is 19.1 Å². The maximum atomic E-state index is 3.73. The third-order valence-corrected chi connectivity index (χ3v) is 4.59. The van der Waals surface area contributed by atoms with Crippen LogP contribution in [0.2, 0.25) is 0 Å². The van der Waals surface area contributed by atoms with Crippen molar-refractivity contribution in [2.45, 2.75) is 53.0 Å². The van der Waals surface area contributed by atoms with E-state index in [0.717, 1.165) is 19.0 Å². The second-order valence-electron chi connectivity index (χ2n) is 7.84. The van der Waals surface area contributed by atoms with E-state index >= 15 is 0 Å². The van der Waals surface area contributed by atoms with Crippen LogP contribution in [0.3, 0.4) is 0 Å². The minimum atomic E-state index is 0.330. The molecular formula is C17H37N3. The van der Waals surface area contributed by atoms with E-state index < -0.39 is 0 Å². The van der Waals surface area contributed by atoms with Crippen LogP contribution in [0, 0.1) is 11.3 Å². The first-order chi connectivity index (χ1) is 9.32. The van der Waals surface area contributed by atoms with E-state index in [1.807, 2.05) is 0 Å². The van der Waals surface area contributed by atoms with Gasteiger partial charge < -0.3 is 15.1 Å². The molecule has 1 heterocycles. The Labute approximate surface area is 127 Å². The largest absolute Gasteiger partial charge is 0.312 e. The van der Waals surface area contributed by atoms with Crippen LogP contribution >= 0.6 is 0 Å². The van der Waals surface area contributed by atoms with Crippen molar-refractivity contribution in [1.29, 1.82) is 0 Å². The molecule has 0 spiro atoms. The van der Waals surface area contributed by atoms with Crippen LogP contribution in [0.15, 0.2) is 0 Å². The first-order valence-electron chi connectivity index (χ1n) is 8.43. The lowest BCUT2D eigenvalue weighted by molar-refractivity contribution is 0.146. The highest BCUT2D eigenvalue weighted by Crippen LogP contribution is 2.22. The highest BCUT2D eigenvalue weighted by molar-refractivity contribution is 4.84. The molecule has 0 saturated carbocycles. The Morgan fingerprint density at radius 1 is 1.25 bits per heavy atom. The summed E-state index contributed by atoms with van der Waals surface area (Å²) in [5.41, 5.74) is 0.330. The average Bonchev–Trinajstić information content (AvgIpc) is 2.36. The summed E-state index contributed by atoms with van der Waals surface area (Å²) in [5.74, 6) is 0.892. The quantitative estimate of drug-likeness (QED) is 0.775. The van der Waals surface area contributed by atoms with Gasteiger partial charge >= 0.3 is 0 Å². The summed E-state index contributed by atoms with van der Waals surface area (Å²) in [4.78, 5) is 5.01. The fourth-order valence-corrected chi connectivity index (χ4v) is 3.03. The molecule has 0 aromatic rings. The van der Waals surface area contributed by atoms with Crippen molar-refractivity contribution in [2.75, 3.05) is 46.8 Å². The first kappa shape index (κ1) is 17.9. The number of piperidine rings is 1. The smallest absolute Gasteiger partial charge is 0.0243 e. The molecule has 1 aliphatic heterocycles. The van der Waals surface area contributed by atoms with Gasteiger partial charge in [0.15, 0.2) is 0 Å². The Balaban J connectivity index is 2.39. The lowest BCUT2D eigenvalue weighted by Crippen LogP contribution is -2.49. The maximum absolute atomic E-state index is 3.73. The molecule has 3 heteroatoms. The average molecular weight is 284 g/mol. The summed E-state index contributed by atoms with van der Waals surface area (Å²) >= 11 is 0. The Hall–Kier alpha value is -0.120. The number of hydrogen-bond donors (Lipinski definition) is 1. The Bertz CT molecular complexity index is 251. The number of likely N-dealkylation sites (N-methyl/N-ethyl adjacent to an activating group) is 1. The molecule has 1 saturated heterocycles. The molecule has 0 radical (unpaired) electrons. The monoisotopic (exact) mass is 283 g/mol. The third-order valence-electron chi connectivity index (χ3n) is 4.59. The second-order valence-corrected chi connectivity index (χ2v) is 7.84. The number of likely N-dealkylation sites (tertiary alicyclic amines) is 1. The summed E-state index contributed by atoms with van der Waals surface area (Å²) in [7, 11) is 4.54. The fraction of sp³-hybridized carbons (Fsp3) is 1.00. The van der Waals surface area contributed by atoms with Crippen molar-refractivity contribution in [3.8, 4) is 0 Å². The number of hydrogen-bond acceptors (Lipinski definition) is 3. The molecule has 0 bridgehead atoms. The van der Waals surface area contributed by atoms with Gasteiger partial charge in [0.25, 0.3) is 0 Å². The van der Waals surface area contributed by atoms with Crippen LogP contribution in [0.1, 0.15) is 47.0 Å². The number of rotatable bonds is 7. The zero-order valence-corrected chi connectivity index (χ0v) is 14.7. The molecule has 0 aromatic carbocycles. The number of nitrogens with one attached hydrogen (secondary N) is 1. The molecule has 1 N–H and O–H groups in total. The predicted molar refractivity (Wildman–Crippen MR) is 89.3 cm³/mol. The summed E-state index contributed by atoms with van der Waals surface area (Å²) in [6.07, 6.45) is 3.94. The molecule has 1 aliphatic rings. The van der Waals surface area contributed by atoms with E-state index in [1.54, 1.807) is 0 Å². The van der Waals surface area contributed by atoms with Crippen molar-refractivity contribution in [1.82, 2.24) is 15.1 Å². The lowest BCUT2D eigenvalue weighted by Gasteiger charge is -2.37. The van der Waals surface area contributed by atoms with Crippen LogP contribution in [0.25, 0.3) is 0 Å². The summed E-state index contributed by atoms with van der Waals surface area (Å²) < 4.78 is 0. The van der Waals surface area contributed by atoms with Crippen molar-refractivity contribution in [2.24, 2.45) is 11.3 Å². The topological polar surface area (TPSA) is 18.5 Å². The van der Waals surface area contributed by atoms with Crippen molar-refractivity contribution >= 4 is 0 Å². The minimum Gasteiger partial charge on any atom is -0.312 e. The zero-order valence-electron chi connectivity index (χ0n) is 14.7. The lowest BCUT2D eigenvalue weighted by atomic mass is 9.86. The molecule has 1 fully saturated rings. The molecule has 1 unspecified atom stereocenters. The third kappa shape index (κ3) is 6.55. The molecule has 20 heavy (non-hydrogen) atoms. The van der Waals surface area contributed by atoms with Crippen LogP contribution in [0.5, 0.6) is 0 Å². The van der Waals surface area contributed by atoms with Crippen molar-refractivity contribution in [3.05, 3.63) is 0 Å². The Kier molecular flexibility index (Phi) is 7.49. The molecule has 0 aliphatic carbocycles. The molecule has 0 amide bonds. The molecule has 120 valence electrons. The summed E-state index contributed by atoms with van der Waals surface area (Å²) in [6.45, 7) is 15.4. The first-order valence-corrected chi connectivity index (χ1v) is 8.43.